The fourth-order valence-corrected chi connectivity index (χ4v) is 1.81. The quantitative estimate of drug-likeness (QED) is 0.916. The fraction of sp³-hybridized carbons (Fsp3) is 0. The molecule has 0 aliphatic carbocycles. The van der Waals surface area contributed by atoms with E-state index in [4.69, 9.17) is 16.9 Å². The normalized spacial score (nSPS) is 9.90. The second kappa shape index (κ2) is 5.68. The van der Waals surface area contributed by atoms with Gasteiger partial charge in [-0.2, -0.15) is 5.26 Å². The Labute approximate surface area is 118 Å². The number of halogens is 3. The van der Waals surface area contributed by atoms with Crippen molar-refractivity contribution in [3.8, 4) is 6.07 Å². The number of amides is 1. The lowest BCUT2D eigenvalue weighted by molar-refractivity contribution is 0.101. The molecule has 0 radical (unpaired) electrons. The van der Waals surface area contributed by atoms with Crippen molar-refractivity contribution in [1.29, 1.82) is 5.26 Å². The summed E-state index contributed by atoms with van der Waals surface area (Å²) < 4.78 is 26.9. The lowest BCUT2D eigenvalue weighted by Crippen LogP contribution is -2.15. The lowest BCUT2D eigenvalue weighted by Gasteiger charge is -2.07. The van der Waals surface area contributed by atoms with Crippen LogP contribution in [0.5, 0.6) is 0 Å². The molecule has 20 heavy (non-hydrogen) atoms. The fourth-order valence-electron chi connectivity index (χ4n) is 1.59. The molecule has 2 aromatic rings. The molecule has 0 fully saturated rings. The summed E-state index contributed by atoms with van der Waals surface area (Å²) in [5.41, 5.74) is -0.198. The molecular formula is C14H7ClF2N2O. The van der Waals surface area contributed by atoms with Gasteiger partial charge in [-0.1, -0.05) is 17.7 Å². The summed E-state index contributed by atoms with van der Waals surface area (Å²) in [5.74, 6) is -2.84. The van der Waals surface area contributed by atoms with E-state index in [9.17, 15) is 13.6 Å². The van der Waals surface area contributed by atoms with Crippen molar-refractivity contribution in [2.75, 3.05) is 5.32 Å². The molecule has 6 heteroatoms. The molecule has 0 saturated carbocycles. The topological polar surface area (TPSA) is 52.9 Å². The zero-order chi connectivity index (χ0) is 14.7. The number of rotatable bonds is 2. The van der Waals surface area contributed by atoms with Crippen molar-refractivity contribution in [3.63, 3.8) is 0 Å². The number of nitriles is 1. The molecule has 0 saturated heterocycles. The average molecular weight is 293 g/mol. The molecule has 0 spiro atoms. The van der Waals surface area contributed by atoms with E-state index in [2.05, 4.69) is 5.32 Å². The number of anilines is 1. The number of benzene rings is 2. The maximum Gasteiger partial charge on any atom is 0.261 e. The van der Waals surface area contributed by atoms with E-state index in [1.165, 1.54) is 24.3 Å². The van der Waals surface area contributed by atoms with Gasteiger partial charge in [0, 0.05) is 5.69 Å². The SMILES string of the molecule is N#Cc1ccc(NC(=O)c2c(F)cccc2F)cc1Cl. The third-order valence-electron chi connectivity index (χ3n) is 2.54. The van der Waals surface area contributed by atoms with E-state index in [1.54, 1.807) is 0 Å². The Morgan fingerprint density at radius 1 is 1.20 bits per heavy atom. The molecule has 0 unspecified atom stereocenters. The second-order valence-electron chi connectivity index (χ2n) is 3.86. The van der Waals surface area contributed by atoms with Gasteiger partial charge in [0.25, 0.3) is 5.91 Å². The van der Waals surface area contributed by atoms with Crippen molar-refractivity contribution in [2.24, 2.45) is 0 Å². The molecule has 100 valence electrons. The Morgan fingerprint density at radius 3 is 2.40 bits per heavy atom. The Balaban J connectivity index is 2.29. The highest BCUT2D eigenvalue weighted by Crippen LogP contribution is 2.21. The highest BCUT2D eigenvalue weighted by molar-refractivity contribution is 6.32. The van der Waals surface area contributed by atoms with Crippen LogP contribution in [0.3, 0.4) is 0 Å². The van der Waals surface area contributed by atoms with Crippen molar-refractivity contribution in [2.45, 2.75) is 0 Å². The van der Waals surface area contributed by atoms with Crippen LogP contribution in [-0.4, -0.2) is 5.91 Å². The van der Waals surface area contributed by atoms with Gasteiger partial charge in [-0.05, 0) is 30.3 Å². The first kappa shape index (κ1) is 14.0. The summed E-state index contributed by atoms with van der Waals surface area (Å²) in [4.78, 5) is 11.8. The Kier molecular flexibility index (Phi) is 3.97. The molecule has 1 N–H and O–H groups in total. The van der Waals surface area contributed by atoms with Gasteiger partial charge in [0.1, 0.15) is 23.3 Å². The summed E-state index contributed by atoms with van der Waals surface area (Å²) in [6.45, 7) is 0. The maximum absolute atomic E-state index is 13.4. The Hall–Kier alpha value is -2.45. The van der Waals surface area contributed by atoms with Crippen LogP contribution < -0.4 is 5.32 Å². The predicted molar refractivity (Wildman–Crippen MR) is 70.5 cm³/mol. The number of nitrogens with zero attached hydrogens (tertiary/aromatic N) is 1. The van der Waals surface area contributed by atoms with E-state index in [-0.39, 0.29) is 16.3 Å². The van der Waals surface area contributed by atoms with Gasteiger partial charge in [0.2, 0.25) is 0 Å². The average Bonchev–Trinajstić information content (AvgIpc) is 2.38. The van der Waals surface area contributed by atoms with Gasteiger partial charge in [0.15, 0.2) is 0 Å². The summed E-state index contributed by atoms with van der Waals surface area (Å²) in [6.07, 6.45) is 0. The number of carbonyl (C=O) groups is 1. The molecule has 2 rings (SSSR count). The first-order chi connectivity index (χ1) is 9.52. The Morgan fingerprint density at radius 2 is 1.85 bits per heavy atom. The number of hydrogen-bond donors (Lipinski definition) is 1. The molecular weight excluding hydrogens is 286 g/mol. The third-order valence-corrected chi connectivity index (χ3v) is 2.85. The monoisotopic (exact) mass is 292 g/mol. The van der Waals surface area contributed by atoms with Crippen LogP contribution >= 0.6 is 11.6 Å². The number of nitrogens with one attached hydrogen (secondary N) is 1. The number of hydrogen-bond acceptors (Lipinski definition) is 2. The number of carbonyl (C=O) groups excluding carboxylic acids is 1. The lowest BCUT2D eigenvalue weighted by atomic mass is 10.1. The molecule has 0 bridgehead atoms. The van der Waals surface area contributed by atoms with Crippen molar-refractivity contribution < 1.29 is 13.6 Å². The second-order valence-corrected chi connectivity index (χ2v) is 4.26. The summed E-state index contributed by atoms with van der Waals surface area (Å²) in [7, 11) is 0. The van der Waals surface area contributed by atoms with Crippen LogP contribution in [0.25, 0.3) is 0 Å². The minimum atomic E-state index is -0.956. The van der Waals surface area contributed by atoms with Crippen LogP contribution in [0, 0.1) is 23.0 Å². The molecule has 0 aliphatic heterocycles. The molecule has 3 nitrogen and oxygen atoms in total. The van der Waals surface area contributed by atoms with Gasteiger partial charge >= 0.3 is 0 Å². The molecule has 0 aromatic heterocycles. The third kappa shape index (κ3) is 2.76. The Bertz CT molecular complexity index is 705. The molecule has 0 atom stereocenters. The van der Waals surface area contributed by atoms with Crippen molar-refractivity contribution in [1.82, 2.24) is 0 Å². The zero-order valence-electron chi connectivity index (χ0n) is 9.95. The van der Waals surface area contributed by atoms with Crippen LogP contribution in [0.15, 0.2) is 36.4 Å². The van der Waals surface area contributed by atoms with Gasteiger partial charge in [0.05, 0.1) is 10.6 Å². The zero-order valence-corrected chi connectivity index (χ0v) is 10.7. The van der Waals surface area contributed by atoms with Gasteiger partial charge in [-0.3, -0.25) is 4.79 Å². The molecule has 0 heterocycles. The first-order valence-electron chi connectivity index (χ1n) is 5.48. The summed E-state index contributed by atoms with van der Waals surface area (Å²) in [6, 6.07) is 9.15. The standard InChI is InChI=1S/C14H7ClF2N2O/c15-10-6-9(5-4-8(10)7-18)19-14(20)13-11(16)2-1-3-12(13)17/h1-6H,(H,19,20). The first-order valence-corrected chi connectivity index (χ1v) is 5.85. The predicted octanol–water partition coefficient (Wildman–Crippen LogP) is 3.74. The minimum absolute atomic E-state index is 0.138. The summed E-state index contributed by atoms with van der Waals surface area (Å²) >= 11 is 5.80. The molecule has 0 aliphatic rings. The van der Waals surface area contributed by atoms with Gasteiger partial charge < -0.3 is 5.32 Å². The van der Waals surface area contributed by atoms with Crippen LogP contribution in [0.2, 0.25) is 5.02 Å². The van der Waals surface area contributed by atoms with Crippen LogP contribution in [0.1, 0.15) is 15.9 Å². The van der Waals surface area contributed by atoms with Gasteiger partial charge in [-0.25, -0.2) is 8.78 Å². The smallest absolute Gasteiger partial charge is 0.261 e. The molecule has 2 aromatic carbocycles. The van der Waals surface area contributed by atoms with E-state index in [0.717, 1.165) is 12.1 Å². The van der Waals surface area contributed by atoms with Crippen molar-refractivity contribution >= 4 is 23.2 Å². The highest BCUT2D eigenvalue weighted by Gasteiger charge is 2.17. The van der Waals surface area contributed by atoms with E-state index in [1.807, 2.05) is 6.07 Å². The van der Waals surface area contributed by atoms with E-state index < -0.39 is 23.1 Å². The van der Waals surface area contributed by atoms with Crippen LogP contribution in [-0.2, 0) is 0 Å². The van der Waals surface area contributed by atoms with E-state index in [0.29, 0.717) is 0 Å². The van der Waals surface area contributed by atoms with Gasteiger partial charge in [-0.15, -0.1) is 0 Å². The maximum atomic E-state index is 13.4. The highest BCUT2D eigenvalue weighted by atomic mass is 35.5. The van der Waals surface area contributed by atoms with E-state index >= 15 is 0 Å². The molecule has 1 amide bonds. The van der Waals surface area contributed by atoms with Crippen LogP contribution in [0.4, 0.5) is 14.5 Å². The summed E-state index contributed by atoms with van der Waals surface area (Å²) in [5, 5.41) is 11.2. The largest absolute Gasteiger partial charge is 0.322 e. The minimum Gasteiger partial charge on any atom is -0.322 e. The van der Waals surface area contributed by atoms with Crippen molar-refractivity contribution in [3.05, 3.63) is 64.2 Å².